The molecular formula is C14H19N5O. The molecule has 0 saturated heterocycles. The normalized spacial score (nSPS) is 10.2. The zero-order chi connectivity index (χ0) is 14.2. The van der Waals surface area contributed by atoms with E-state index < -0.39 is 0 Å². The molecule has 106 valence electrons. The number of rotatable bonds is 7. The summed E-state index contributed by atoms with van der Waals surface area (Å²) in [6.45, 7) is 4.17. The third-order valence-corrected chi connectivity index (χ3v) is 2.78. The van der Waals surface area contributed by atoms with Gasteiger partial charge < -0.3 is 10.6 Å². The summed E-state index contributed by atoms with van der Waals surface area (Å²) in [4.78, 5) is 15.7. The zero-order valence-corrected chi connectivity index (χ0v) is 11.5. The van der Waals surface area contributed by atoms with Gasteiger partial charge in [-0.25, -0.2) is 0 Å². The monoisotopic (exact) mass is 273 g/mol. The van der Waals surface area contributed by atoms with Crippen molar-refractivity contribution in [3.63, 3.8) is 0 Å². The summed E-state index contributed by atoms with van der Waals surface area (Å²) >= 11 is 0. The molecule has 2 aromatic heterocycles. The minimum Gasteiger partial charge on any atom is -0.385 e. The van der Waals surface area contributed by atoms with Gasteiger partial charge in [0.05, 0.1) is 0 Å². The highest BCUT2D eigenvalue weighted by atomic mass is 16.1. The Morgan fingerprint density at radius 2 is 2.30 bits per heavy atom. The molecule has 6 nitrogen and oxygen atoms in total. The van der Waals surface area contributed by atoms with E-state index in [0.29, 0.717) is 12.2 Å². The van der Waals surface area contributed by atoms with Crippen molar-refractivity contribution in [2.75, 3.05) is 18.4 Å². The van der Waals surface area contributed by atoms with E-state index in [1.165, 1.54) is 0 Å². The van der Waals surface area contributed by atoms with E-state index in [4.69, 9.17) is 0 Å². The molecule has 0 aliphatic heterocycles. The number of hydrogen-bond acceptors (Lipinski definition) is 4. The van der Waals surface area contributed by atoms with Gasteiger partial charge in [-0.15, -0.1) is 0 Å². The molecule has 0 unspecified atom stereocenters. The van der Waals surface area contributed by atoms with E-state index in [1.807, 2.05) is 29.9 Å². The van der Waals surface area contributed by atoms with Crippen LogP contribution in [0.3, 0.4) is 0 Å². The highest BCUT2D eigenvalue weighted by molar-refractivity contribution is 5.93. The first kappa shape index (κ1) is 14.0. The van der Waals surface area contributed by atoms with Crippen molar-refractivity contribution in [2.24, 2.45) is 0 Å². The number of carbonyl (C=O) groups is 1. The molecule has 0 aromatic carbocycles. The summed E-state index contributed by atoms with van der Waals surface area (Å²) < 4.78 is 1.90. The van der Waals surface area contributed by atoms with E-state index in [2.05, 4.69) is 20.7 Å². The van der Waals surface area contributed by atoms with Crippen molar-refractivity contribution >= 4 is 11.6 Å². The largest absolute Gasteiger partial charge is 0.385 e. The molecule has 0 aliphatic carbocycles. The van der Waals surface area contributed by atoms with E-state index in [0.717, 1.165) is 25.2 Å². The van der Waals surface area contributed by atoms with Crippen LogP contribution in [0.1, 0.15) is 23.8 Å². The summed E-state index contributed by atoms with van der Waals surface area (Å²) in [7, 11) is 0. The van der Waals surface area contributed by atoms with E-state index in [9.17, 15) is 4.79 Å². The number of pyridine rings is 1. The lowest BCUT2D eigenvalue weighted by Gasteiger charge is -2.08. The smallest absolute Gasteiger partial charge is 0.269 e. The van der Waals surface area contributed by atoms with Crippen molar-refractivity contribution in [3.8, 4) is 0 Å². The maximum atomic E-state index is 11.7. The number of aromatic nitrogens is 3. The van der Waals surface area contributed by atoms with Gasteiger partial charge in [0.2, 0.25) is 0 Å². The van der Waals surface area contributed by atoms with Gasteiger partial charge in [-0.3, -0.25) is 14.5 Å². The molecule has 20 heavy (non-hydrogen) atoms. The molecule has 0 spiro atoms. The fourth-order valence-corrected chi connectivity index (χ4v) is 1.82. The third-order valence-electron chi connectivity index (χ3n) is 2.78. The van der Waals surface area contributed by atoms with Crippen LogP contribution in [0.15, 0.2) is 36.8 Å². The quantitative estimate of drug-likeness (QED) is 0.750. The Hall–Kier alpha value is -2.37. The standard InChI is InChI=1S/C14H19N5O/c1-2-15-14(20)13-11-12(5-8-17-13)16-6-3-9-19-10-4-7-18-19/h4-5,7-8,10-11H,2-3,6,9H2,1H3,(H,15,20)(H,16,17). The summed E-state index contributed by atoms with van der Waals surface area (Å²) in [5.41, 5.74) is 1.34. The van der Waals surface area contributed by atoms with E-state index >= 15 is 0 Å². The minimum atomic E-state index is -0.146. The number of carbonyl (C=O) groups excluding carboxylic acids is 1. The lowest BCUT2D eigenvalue weighted by Crippen LogP contribution is -2.23. The molecule has 6 heteroatoms. The van der Waals surface area contributed by atoms with Crippen LogP contribution in [-0.4, -0.2) is 33.8 Å². The summed E-state index contributed by atoms with van der Waals surface area (Å²) in [5, 5.41) is 10.2. The Morgan fingerprint density at radius 3 is 3.05 bits per heavy atom. The lowest BCUT2D eigenvalue weighted by atomic mass is 10.3. The van der Waals surface area contributed by atoms with Crippen LogP contribution in [0.4, 0.5) is 5.69 Å². The molecular weight excluding hydrogens is 254 g/mol. The second kappa shape index (κ2) is 7.28. The Bertz CT molecular complexity index is 538. The molecule has 0 bridgehead atoms. The summed E-state index contributed by atoms with van der Waals surface area (Å²) in [6, 6.07) is 5.53. The fraction of sp³-hybridized carbons (Fsp3) is 0.357. The highest BCUT2D eigenvalue weighted by Gasteiger charge is 2.05. The van der Waals surface area contributed by atoms with Crippen molar-refractivity contribution in [3.05, 3.63) is 42.5 Å². The maximum Gasteiger partial charge on any atom is 0.269 e. The molecule has 1 amide bonds. The number of aryl methyl sites for hydroxylation is 1. The van der Waals surface area contributed by atoms with Gasteiger partial charge in [0.15, 0.2) is 0 Å². The predicted octanol–water partition coefficient (Wildman–Crippen LogP) is 1.53. The van der Waals surface area contributed by atoms with Crippen LogP contribution >= 0.6 is 0 Å². The van der Waals surface area contributed by atoms with Crippen molar-refractivity contribution in [1.29, 1.82) is 0 Å². The average Bonchev–Trinajstić information content (AvgIpc) is 2.97. The molecule has 2 aromatic rings. The van der Waals surface area contributed by atoms with Gasteiger partial charge in [0, 0.05) is 43.9 Å². The number of anilines is 1. The Kier molecular flexibility index (Phi) is 5.11. The Morgan fingerprint density at radius 1 is 1.40 bits per heavy atom. The van der Waals surface area contributed by atoms with Crippen molar-refractivity contribution < 1.29 is 4.79 Å². The minimum absolute atomic E-state index is 0.146. The second-order valence-corrected chi connectivity index (χ2v) is 4.34. The van der Waals surface area contributed by atoms with Crippen LogP contribution in [-0.2, 0) is 6.54 Å². The predicted molar refractivity (Wildman–Crippen MR) is 77.6 cm³/mol. The van der Waals surface area contributed by atoms with Crippen LogP contribution in [0.25, 0.3) is 0 Å². The number of nitrogens with one attached hydrogen (secondary N) is 2. The Balaban J connectivity index is 1.80. The first-order valence-electron chi connectivity index (χ1n) is 6.75. The highest BCUT2D eigenvalue weighted by Crippen LogP contribution is 2.08. The maximum absolute atomic E-state index is 11.7. The third kappa shape index (κ3) is 4.08. The van der Waals surface area contributed by atoms with Gasteiger partial charge in [0.25, 0.3) is 5.91 Å². The lowest BCUT2D eigenvalue weighted by molar-refractivity contribution is 0.0951. The topological polar surface area (TPSA) is 71.8 Å². The summed E-state index contributed by atoms with van der Waals surface area (Å²) in [5.74, 6) is -0.146. The first-order chi connectivity index (χ1) is 9.79. The number of nitrogens with zero attached hydrogens (tertiary/aromatic N) is 3. The second-order valence-electron chi connectivity index (χ2n) is 4.34. The van der Waals surface area contributed by atoms with Crippen LogP contribution in [0, 0.1) is 0 Å². The summed E-state index contributed by atoms with van der Waals surface area (Å²) in [6.07, 6.45) is 6.31. The molecule has 2 heterocycles. The first-order valence-corrected chi connectivity index (χ1v) is 6.75. The molecule has 0 aliphatic rings. The van der Waals surface area contributed by atoms with Crippen molar-refractivity contribution in [1.82, 2.24) is 20.1 Å². The molecule has 0 atom stereocenters. The van der Waals surface area contributed by atoms with E-state index in [1.54, 1.807) is 18.5 Å². The number of hydrogen-bond donors (Lipinski definition) is 2. The van der Waals surface area contributed by atoms with Gasteiger partial charge in [-0.1, -0.05) is 0 Å². The molecule has 2 N–H and O–H groups in total. The average molecular weight is 273 g/mol. The van der Waals surface area contributed by atoms with Crippen molar-refractivity contribution in [2.45, 2.75) is 19.9 Å². The van der Waals surface area contributed by atoms with Crippen LogP contribution in [0.2, 0.25) is 0 Å². The van der Waals surface area contributed by atoms with Gasteiger partial charge >= 0.3 is 0 Å². The van der Waals surface area contributed by atoms with Gasteiger partial charge in [-0.2, -0.15) is 5.10 Å². The molecule has 0 saturated carbocycles. The Labute approximate surface area is 118 Å². The van der Waals surface area contributed by atoms with Crippen LogP contribution in [0.5, 0.6) is 0 Å². The van der Waals surface area contributed by atoms with Gasteiger partial charge in [0.1, 0.15) is 5.69 Å². The van der Waals surface area contributed by atoms with Crippen LogP contribution < -0.4 is 10.6 Å². The molecule has 0 fully saturated rings. The van der Waals surface area contributed by atoms with E-state index in [-0.39, 0.29) is 5.91 Å². The fourth-order valence-electron chi connectivity index (χ4n) is 1.82. The SMILES string of the molecule is CCNC(=O)c1cc(NCCCn2cccn2)ccn1. The molecule has 0 radical (unpaired) electrons. The molecule has 2 rings (SSSR count). The zero-order valence-electron chi connectivity index (χ0n) is 11.5. The van der Waals surface area contributed by atoms with Gasteiger partial charge in [-0.05, 0) is 31.5 Å². The number of amides is 1.